The highest BCUT2D eigenvalue weighted by molar-refractivity contribution is 6.74. The van der Waals surface area contributed by atoms with Gasteiger partial charge in [-0.15, -0.1) is 0 Å². The van der Waals surface area contributed by atoms with E-state index in [0.717, 1.165) is 32.3 Å². The van der Waals surface area contributed by atoms with E-state index in [1.807, 2.05) is 0 Å². The predicted molar refractivity (Wildman–Crippen MR) is 77.4 cm³/mol. The van der Waals surface area contributed by atoms with E-state index >= 15 is 0 Å². The molecule has 0 aromatic rings. The van der Waals surface area contributed by atoms with E-state index in [1.165, 1.54) is 0 Å². The van der Waals surface area contributed by atoms with Crippen LogP contribution in [-0.4, -0.2) is 38.8 Å². The minimum atomic E-state index is -1.66. The molecule has 0 aromatic carbocycles. The fourth-order valence-corrected chi connectivity index (χ4v) is 2.97. The van der Waals surface area contributed by atoms with Gasteiger partial charge in [0, 0.05) is 13.2 Å². The lowest BCUT2D eigenvalue weighted by Crippen LogP contribution is -2.42. The zero-order valence-corrected chi connectivity index (χ0v) is 13.7. The van der Waals surface area contributed by atoms with Gasteiger partial charge in [0.2, 0.25) is 0 Å². The predicted octanol–water partition coefficient (Wildman–Crippen LogP) is 3.33. The van der Waals surface area contributed by atoms with Crippen molar-refractivity contribution in [2.45, 2.75) is 76.8 Å². The molecule has 2 atom stereocenters. The standard InChI is InChI=1S/C14H30O3Si/c1-14(2,3)18(4,5)17-11-9-13-12(15)8-6-7-10-16-13/h12-13,15H,6-11H2,1-5H3/t12?,13-/m1/s1. The van der Waals surface area contributed by atoms with Crippen LogP contribution in [-0.2, 0) is 9.16 Å². The lowest BCUT2D eigenvalue weighted by atomic mass is 10.1. The summed E-state index contributed by atoms with van der Waals surface area (Å²) in [4.78, 5) is 0. The Labute approximate surface area is 113 Å². The highest BCUT2D eigenvalue weighted by Crippen LogP contribution is 2.36. The van der Waals surface area contributed by atoms with Crippen LogP contribution in [0, 0.1) is 0 Å². The van der Waals surface area contributed by atoms with Crippen LogP contribution in [0.1, 0.15) is 46.5 Å². The second-order valence-corrected chi connectivity index (χ2v) is 11.7. The average molecular weight is 274 g/mol. The molecular weight excluding hydrogens is 244 g/mol. The van der Waals surface area contributed by atoms with Crippen LogP contribution in [0.15, 0.2) is 0 Å². The first kappa shape index (κ1) is 16.2. The Bertz CT molecular complexity index is 248. The summed E-state index contributed by atoms with van der Waals surface area (Å²) in [6.07, 6.45) is 3.48. The van der Waals surface area contributed by atoms with Crippen LogP contribution in [0.3, 0.4) is 0 Å². The van der Waals surface area contributed by atoms with Gasteiger partial charge >= 0.3 is 0 Å². The van der Waals surface area contributed by atoms with E-state index < -0.39 is 8.32 Å². The first-order chi connectivity index (χ1) is 8.24. The van der Waals surface area contributed by atoms with Crippen LogP contribution in [0.4, 0.5) is 0 Å². The smallest absolute Gasteiger partial charge is 0.191 e. The van der Waals surface area contributed by atoms with Crippen molar-refractivity contribution in [3.63, 3.8) is 0 Å². The first-order valence-electron chi connectivity index (χ1n) is 7.18. The summed E-state index contributed by atoms with van der Waals surface area (Å²) < 4.78 is 11.8. The third-order valence-electron chi connectivity index (χ3n) is 4.33. The fourth-order valence-electron chi connectivity index (χ4n) is 1.91. The van der Waals surface area contributed by atoms with Crippen molar-refractivity contribution in [3.05, 3.63) is 0 Å². The lowest BCUT2D eigenvalue weighted by Gasteiger charge is -2.36. The molecule has 0 radical (unpaired) electrons. The van der Waals surface area contributed by atoms with Crippen LogP contribution in [0.2, 0.25) is 18.1 Å². The molecule has 1 aliphatic rings. The summed E-state index contributed by atoms with van der Waals surface area (Å²) in [5.41, 5.74) is 0. The number of hydrogen-bond donors (Lipinski definition) is 1. The summed E-state index contributed by atoms with van der Waals surface area (Å²) in [5.74, 6) is 0. The van der Waals surface area contributed by atoms with Crippen molar-refractivity contribution < 1.29 is 14.3 Å². The third kappa shape index (κ3) is 4.65. The van der Waals surface area contributed by atoms with Gasteiger partial charge in [-0.05, 0) is 43.8 Å². The summed E-state index contributed by atoms with van der Waals surface area (Å²) in [7, 11) is -1.66. The zero-order chi connectivity index (χ0) is 13.8. The Kier molecular flexibility index (Phi) is 5.84. The quantitative estimate of drug-likeness (QED) is 0.799. The molecule has 3 nitrogen and oxygen atoms in total. The SMILES string of the molecule is CC(C)(C)[Si](C)(C)OCC[C@H]1OCCCCC1O. The summed E-state index contributed by atoms with van der Waals surface area (Å²) >= 11 is 0. The van der Waals surface area contributed by atoms with Gasteiger partial charge in [0.1, 0.15) is 0 Å². The molecule has 1 aliphatic heterocycles. The minimum Gasteiger partial charge on any atom is -0.417 e. The van der Waals surface area contributed by atoms with Gasteiger partial charge in [-0.25, -0.2) is 0 Å². The lowest BCUT2D eigenvalue weighted by molar-refractivity contribution is -0.0355. The molecule has 18 heavy (non-hydrogen) atoms. The molecule has 1 fully saturated rings. The molecule has 0 aromatic heterocycles. The maximum atomic E-state index is 9.97. The highest BCUT2D eigenvalue weighted by Gasteiger charge is 2.37. The monoisotopic (exact) mass is 274 g/mol. The summed E-state index contributed by atoms with van der Waals surface area (Å²) in [6, 6.07) is 0. The molecule has 0 spiro atoms. The molecular formula is C14H30O3Si. The summed E-state index contributed by atoms with van der Waals surface area (Å²) in [6.45, 7) is 12.7. The molecule has 0 aliphatic carbocycles. The third-order valence-corrected chi connectivity index (χ3v) is 8.86. The van der Waals surface area contributed by atoms with Crippen LogP contribution in [0.25, 0.3) is 0 Å². The van der Waals surface area contributed by atoms with Crippen molar-refractivity contribution in [2.24, 2.45) is 0 Å². The number of aliphatic hydroxyl groups excluding tert-OH is 1. The first-order valence-corrected chi connectivity index (χ1v) is 10.1. The van der Waals surface area contributed by atoms with Crippen molar-refractivity contribution in [1.82, 2.24) is 0 Å². The second-order valence-electron chi connectivity index (χ2n) is 6.87. The topological polar surface area (TPSA) is 38.7 Å². The van der Waals surface area contributed by atoms with Gasteiger partial charge < -0.3 is 14.3 Å². The Morgan fingerprint density at radius 2 is 1.94 bits per heavy atom. The van der Waals surface area contributed by atoms with Crippen molar-refractivity contribution in [3.8, 4) is 0 Å². The largest absolute Gasteiger partial charge is 0.417 e. The van der Waals surface area contributed by atoms with Crippen molar-refractivity contribution in [1.29, 1.82) is 0 Å². The Balaban J connectivity index is 2.36. The Morgan fingerprint density at radius 1 is 1.28 bits per heavy atom. The molecule has 1 unspecified atom stereocenters. The number of ether oxygens (including phenoxy) is 1. The van der Waals surface area contributed by atoms with Gasteiger partial charge in [-0.3, -0.25) is 0 Å². The van der Waals surface area contributed by atoms with Crippen LogP contribution in [0.5, 0.6) is 0 Å². The Morgan fingerprint density at radius 3 is 2.56 bits per heavy atom. The molecule has 0 amide bonds. The van der Waals surface area contributed by atoms with Gasteiger partial charge in [0.15, 0.2) is 8.32 Å². The average Bonchev–Trinajstić information content (AvgIpc) is 2.42. The number of aliphatic hydroxyl groups is 1. The van der Waals surface area contributed by atoms with E-state index in [1.54, 1.807) is 0 Å². The normalized spacial score (nSPS) is 27.0. The molecule has 108 valence electrons. The van der Waals surface area contributed by atoms with E-state index in [2.05, 4.69) is 33.9 Å². The molecule has 1 heterocycles. The molecule has 1 N–H and O–H groups in total. The Hall–Kier alpha value is 0.0969. The maximum Gasteiger partial charge on any atom is 0.191 e. The van der Waals surface area contributed by atoms with E-state index in [9.17, 15) is 5.11 Å². The number of rotatable bonds is 4. The molecule has 1 rings (SSSR count). The van der Waals surface area contributed by atoms with E-state index in [-0.39, 0.29) is 17.2 Å². The van der Waals surface area contributed by atoms with Crippen molar-refractivity contribution in [2.75, 3.05) is 13.2 Å². The van der Waals surface area contributed by atoms with E-state index in [4.69, 9.17) is 9.16 Å². The second kappa shape index (κ2) is 6.50. The number of hydrogen-bond acceptors (Lipinski definition) is 3. The maximum absolute atomic E-state index is 9.97. The highest BCUT2D eigenvalue weighted by atomic mass is 28.4. The van der Waals surface area contributed by atoms with Gasteiger partial charge in [0.25, 0.3) is 0 Å². The fraction of sp³-hybridized carbons (Fsp3) is 1.00. The molecule has 4 heteroatoms. The van der Waals surface area contributed by atoms with Crippen molar-refractivity contribution >= 4 is 8.32 Å². The molecule has 1 saturated heterocycles. The van der Waals surface area contributed by atoms with Gasteiger partial charge in [-0.1, -0.05) is 20.8 Å². The molecule has 0 bridgehead atoms. The molecule has 0 saturated carbocycles. The summed E-state index contributed by atoms with van der Waals surface area (Å²) in [5, 5.41) is 10.2. The van der Waals surface area contributed by atoms with Gasteiger partial charge in [0.05, 0.1) is 12.2 Å². The van der Waals surface area contributed by atoms with Crippen LogP contribution < -0.4 is 0 Å². The van der Waals surface area contributed by atoms with E-state index in [0.29, 0.717) is 6.61 Å². The van der Waals surface area contributed by atoms with Crippen LogP contribution >= 0.6 is 0 Å². The zero-order valence-electron chi connectivity index (χ0n) is 12.7. The minimum absolute atomic E-state index is 0.0303. The van der Waals surface area contributed by atoms with Gasteiger partial charge in [-0.2, -0.15) is 0 Å².